The van der Waals surface area contributed by atoms with Crippen LogP contribution in [0.3, 0.4) is 0 Å². The van der Waals surface area contributed by atoms with Crippen LogP contribution in [0.4, 0.5) is 0 Å². The zero-order chi connectivity index (χ0) is 34.1. The first-order chi connectivity index (χ1) is 24.4. The van der Waals surface area contributed by atoms with Crippen LogP contribution in [0.1, 0.15) is 0 Å². The molecule has 1 radical (unpaired) electrons. The number of rotatable bonds is 5. The first kappa shape index (κ1) is 34.0. The molecule has 51 heavy (non-hydrogen) atoms. The number of nitrogens with zero attached hydrogens (tertiary/aromatic N) is 4. The fraction of sp³-hybridized carbons (Fsp3) is 0.0682. The van der Waals surface area contributed by atoms with Crippen LogP contribution in [0.2, 0.25) is 19.6 Å². The molecule has 0 aliphatic carbocycles. The standard InChI is InChI=1S/C33H26N3OSi.C11H8N.Ir/c1-38(2,3)25-17-18-26-27-15-10-16-28(31(27)37-30(26)20-25)33-35-32-29(36(33)24-13-8-5-9-14-24)19-23(21-34-32)22-11-6-4-7-12-22;1-2-6-10(7-3-1)11-8-4-5-9-12-11;/h4-15,17-21H,1-3H3;1-6,8-9H;/q2*-1;. The third-order valence-electron chi connectivity index (χ3n) is 8.81. The van der Waals surface area contributed by atoms with Gasteiger partial charge in [-0.3, -0.25) is 4.98 Å². The van der Waals surface area contributed by atoms with E-state index in [-0.39, 0.29) is 20.1 Å². The summed E-state index contributed by atoms with van der Waals surface area (Å²) in [4.78, 5) is 14.0. The number of benzene rings is 5. The molecule has 0 aliphatic rings. The van der Waals surface area contributed by atoms with E-state index in [1.165, 1.54) is 5.19 Å². The van der Waals surface area contributed by atoms with Crippen molar-refractivity contribution in [3.8, 4) is 39.5 Å². The van der Waals surface area contributed by atoms with Crippen LogP contribution in [0.5, 0.6) is 0 Å². The Morgan fingerprint density at radius 2 is 1.43 bits per heavy atom. The van der Waals surface area contributed by atoms with Crippen molar-refractivity contribution in [1.82, 2.24) is 19.5 Å². The molecule has 0 fully saturated rings. The van der Waals surface area contributed by atoms with Gasteiger partial charge < -0.3 is 14.0 Å². The second-order valence-electron chi connectivity index (χ2n) is 13.2. The summed E-state index contributed by atoms with van der Waals surface area (Å²) in [5, 5.41) is 3.56. The minimum Gasteiger partial charge on any atom is -0.501 e. The Hall–Kier alpha value is -5.46. The molecule has 0 saturated heterocycles. The maximum Gasteiger partial charge on any atom is 0.168 e. The van der Waals surface area contributed by atoms with Crippen LogP contribution >= 0.6 is 0 Å². The summed E-state index contributed by atoms with van der Waals surface area (Å²) in [6, 6.07) is 53.8. The molecule has 4 heterocycles. The zero-order valence-corrected chi connectivity index (χ0v) is 31.9. The van der Waals surface area contributed by atoms with Gasteiger partial charge in [0, 0.05) is 49.1 Å². The van der Waals surface area contributed by atoms with Gasteiger partial charge in [-0.05, 0) is 41.6 Å². The number of para-hydroxylation sites is 1. The molecule has 4 aromatic heterocycles. The number of pyridine rings is 2. The summed E-state index contributed by atoms with van der Waals surface area (Å²) in [5.41, 5.74) is 9.35. The Labute approximate surface area is 312 Å². The van der Waals surface area contributed by atoms with Crippen molar-refractivity contribution in [2.24, 2.45) is 0 Å². The quantitative estimate of drug-likeness (QED) is 0.128. The SMILES string of the molecule is C[Si](C)(C)c1ccc2c(c1)oc1c(-c3nc4ncc(-c5ccccc5)cc4n3-c3ccccc3)[c-]ccc12.[Ir].[c-]1ccccc1-c1ccccn1. The van der Waals surface area contributed by atoms with Crippen molar-refractivity contribution in [1.29, 1.82) is 0 Å². The number of furan rings is 1. The minimum atomic E-state index is -1.48. The maximum absolute atomic E-state index is 6.57. The van der Waals surface area contributed by atoms with Crippen molar-refractivity contribution in [2.75, 3.05) is 0 Å². The third-order valence-corrected chi connectivity index (χ3v) is 10.8. The fourth-order valence-corrected chi connectivity index (χ4v) is 7.35. The Kier molecular flexibility index (Phi) is 9.61. The van der Waals surface area contributed by atoms with Crippen LogP contribution in [0.25, 0.3) is 72.6 Å². The molecule has 9 rings (SSSR count). The van der Waals surface area contributed by atoms with E-state index in [4.69, 9.17) is 14.4 Å². The summed E-state index contributed by atoms with van der Waals surface area (Å²) in [6.07, 6.45) is 3.68. The molecule has 0 saturated carbocycles. The van der Waals surface area contributed by atoms with Gasteiger partial charge in [-0.15, -0.1) is 54.1 Å². The largest absolute Gasteiger partial charge is 0.501 e. The van der Waals surface area contributed by atoms with Gasteiger partial charge in [0.1, 0.15) is 5.58 Å². The second kappa shape index (κ2) is 14.4. The first-order valence-electron chi connectivity index (χ1n) is 16.7. The number of fused-ring (bicyclic) bond motifs is 4. The molecule has 7 heteroatoms. The number of hydrogen-bond acceptors (Lipinski definition) is 4. The van der Waals surface area contributed by atoms with Gasteiger partial charge in [0.05, 0.1) is 25.0 Å². The Bertz CT molecular complexity index is 2530. The van der Waals surface area contributed by atoms with E-state index in [0.29, 0.717) is 5.65 Å². The number of aromatic nitrogens is 4. The van der Waals surface area contributed by atoms with E-state index in [0.717, 1.165) is 66.9 Å². The van der Waals surface area contributed by atoms with Gasteiger partial charge in [0.2, 0.25) is 0 Å². The molecule has 0 N–H and O–H groups in total. The van der Waals surface area contributed by atoms with Crippen molar-refractivity contribution in [3.05, 3.63) is 164 Å². The topological polar surface area (TPSA) is 56.7 Å². The summed E-state index contributed by atoms with van der Waals surface area (Å²) in [7, 11) is -1.48. The molecule has 5 aromatic carbocycles. The van der Waals surface area contributed by atoms with Crippen LogP contribution in [-0.2, 0) is 20.1 Å². The van der Waals surface area contributed by atoms with E-state index >= 15 is 0 Å². The first-order valence-corrected chi connectivity index (χ1v) is 20.2. The van der Waals surface area contributed by atoms with Crippen molar-refractivity contribution in [3.63, 3.8) is 0 Å². The van der Waals surface area contributed by atoms with Crippen LogP contribution in [0, 0.1) is 12.1 Å². The summed E-state index contributed by atoms with van der Waals surface area (Å²) < 4.78 is 8.74. The number of imidazole rings is 1. The van der Waals surface area contributed by atoms with Gasteiger partial charge in [-0.2, -0.15) is 0 Å². The van der Waals surface area contributed by atoms with E-state index in [2.05, 4.69) is 95.9 Å². The third kappa shape index (κ3) is 6.84. The monoisotopic (exact) mass is 855 g/mol. The van der Waals surface area contributed by atoms with E-state index in [1.54, 1.807) is 6.20 Å². The van der Waals surface area contributed by atoms with E-state index in [9.17, 15) is 0 Å². The van der Waals surface area contributed by atoms with Crippen LogP contribution in [0.15, 0.2) is 156 Å². The minimum absolute atomic E-state index is 0. The molecule has 9 aromatic rings. The molecule has 5 nitrogen and oxygen atoms in total. The fourth-order valence-electron chi connectivity index (χ4n) is 6.20. The second-order valence-corrected chi connectivity index (χ2v) is 18.3. The van der Waals surface area contributed by atoms with Crippen molar-refractivity contribution in [2.45, 2.75) is 19.6 Å². The van der Waals surface area contributed by atoms with Gasteiger partial charge in [0.15, 0.2) is 5.65 Å². The summed E-state index contributed by atoms with van der Waals surface area (Å²) in [5.74, 6) is 0.763. The van der Waals surface area contributed by atoms with Gasteiger partial charge in [-0.1, -0.05) is 109 Å². The Balaban J connectivity index is 0.000000265. The molecular formula is C44H34IrN4OSi-2. The van der Waals surface area contributed by atoms with Crippen molar-refractivity contribution < 1.29 is 24.5 Å². The van der Waals surface area contributed by atoms with E-state index in [1.807, 2.05) is 91.1 Å². The predicted octanol–water partition coefficient (Wildman–Crippen LogP) is 10.5. The molecule has 0 aliphatic heterocycles. The van der Waals surface area contributed by atoms with Crippen molar-refractivity contribution >= 4 is 46.4 Å². The molecule has 0 atom stereocenters. The molecule has 0 amide bonds. The molecule has 0 unspecified atom stereocenters. The Morgan fingerprint density at radius 3 is 2.16 bits per heavy atom. The normalized spacial score (nSPS) is 11.3. The smallest absolute Gasteiger partial charge is 0.168 e. The predicted molar refractivity (Wildman–Crippen MR) is 207 cm³/mol. The molecule has 251 valence electrons. The molecule has 0 bridgehead atoms. The average molecular weight is 855 g/mol. The van der Waals surface area contributed by atoms with Crippen LogP contribution in [-0.4, -0.2) is 27.6 Å². The van der Waals surface area contributed by atoms with Gasteiger partial charge in [0.25, 0.3) is 0 Å². The zero-order valence-electron chi connectivity index (χ0n) is 28.5. The van der Waals surface area contributed by atoms with Gasteiger partial charge >= 0.3 is 0 Å². The maximum atomic E-state index is 6.57. The number of hydrogen-bond donors (Lipinski definition) is 0. The Morgan fingerprint density at radius 1 is 0.667 bits per heavy atom. The summed E-state index contributed by atoms with van der Waals surface area (Å²) in [6.45, 7) is 7.07. The molecular weight excluding hydrogens is 821 g/mol. The van der Waals surface area contributed by atoms with Gasteiger partial charge in [-0.25, -0.2) is 4.98 Å². The average Bonchev–Trinajstić information content (AvgIpc) is 3.74. The summed E-state index contributed by atoms with van der Waals surface area (Å²) >= 11 is 0. The molecule has 0 spiro atoms. The van der Waals surface area contributed by atoms with E-state index < -0.39 is 8.07 Å². The van der Waals surface area contributed by atoms with Crippen LogP contribution < -0.4 is 5.19 Å².